The Morgan fingerprint density at radius 1 is 1.26 bits per heavy atom. The molecule has 0 atom stereocenters. The third-order valence-corrected chi connectivity index (χ3v) is 3.74. The van der Waals surface area contributed by atoms with E-state index in [-0.39, 0.29) is 0 Å². The molecule has 0 radical (unpaired) electrons. The van der Waals surface area contributed by atoms with Gasteiger partial charge in [0.2, 0.25) is 5.95 Å². The smallest absolute Gasteiger partial charge is 0.230 e. The molecule has 0 unspecified atom stereocenters. The van der Waals surface area contributed by atoms with Crippen LogP contribution in [0.25, 0.3) is 11.0 Å². The van der Waals surface area contributed by atoms with Crippen molar-refractivity contribution in [2.24, 2.45) is 4.99 Å². The van der Waals surface area contributed by atoms with E-state index >= 15 is 0 Å². The van der Waals surface area contributed by atoms with Gasteiger partial charge in [-0.2, -0.15) is 0 Å². The van der Waals surface area contributed by atoms with Crippen molar-refractivity contribution in [2.45, 2.75) is 19.9 Å². The molecule has 0 saturated carbocycles. The number of benzene rings is 1. The summed E-state index contributed by atoms with van der Waals surface area (Å²) in [7, 11) is 0. The quantitative estimate of drug-likeness (QED) is 0.651. The molecule has 0 aliphatic carbocycles. The number of aliphatic imine (C=N–C) groups is 1. The van der Waals surface area contributed by atoms with Gasteiger partial charge in [0, 0.05) is 17.6 Å². The van der Waals surface area contributed by atoms with Crippen LogP contribution in [0.5, 0.6) is 0 Å². The Balaban J connectivity index is 2.04. The summed E-state index contributed by atoms with van der Waals surface area (Å²) in [6.45, 7) is 3.11. The summed E-state index contributed by atoms with van der Waals surface area (Å²) in [4.78, 5) is 10.3. The van der Waals surface area contributed by atoms with Gasteiger partial charge in [0.15, 0.2) is 0 Å². The second kappa shape index (κ2) is 5.36. The maximum atomic E-state index is 4.60. The number of rotatable bonds is 4. The third-order valence-electron chi connectivity index (χ3n) is 2.93. The number of nitrogens with zero attached hydrogens (tertiary/aromatic N) is 3. The number of imidazole rings is 1. The number of hydrogen-bond donors (Lipinski definition) is 0. The van der Waals surface area contributed by atoms with Crippen molar-refractivity contribution in [3.63, 3.8) is 0 Å². The van der Waals surface area contributed by atoms with Crippen molar-refractivity contribution in [1.29, 1.82) is 0 Å². The Hall–Kier alpha value is -1.94. The first-order chi connectivity index (χ1) is 9.38. The van der Waals surface area contributed by atoms with Gasteiger partial charge in [-0.25, -0.2) is 9.98 Å². The summed E-state index contributed by atoms with van der Waals surface area (Å²) >= 11 is 1.68. The molecule has 0 aliphatic heterocycles. The van der Waals surface area contributed by atoms with Crippen LogP contribution in [-0.2, 0) is 6.54 Å². The molecule has 3 aromatic rings. The summed E-state index contributed by atoms with van der Waals surface area (Å²) in [6, 6.07) is 12.3. The second-order valence-electron chi connectivity index (χ2n) is 4.33. The Morgan fingerprint density at radius 3 is 2.95 bits per heavy atom. The fourth-order valence-corrected chi connectivity index (χ4v) is 2.68. The van der Waals surface area contributed by atoms with Gasteiger partial charge < -0.3 is 4.57 Å². The van der Waals surface area contributed by atoms with E-state index in [0.717, 1.165) is 34.8 Å². The zero-order chi connectivity index (χ0) is 13.1. The Labute approximate surface area is 116 Å². The molecule has 0 aliphatic rings. The molecule has 0 saturated heterocycles. The molecule has 0 fully saturated rings. The van der Waals surface area contributed by atoms with Crippen LogP contribution in [0.3, 0.4) is 0 Å². The zero-order valence-corrected chi connectivity index (χ0v) is 11.6. The Morgan fingerprint density at radius 2 is 2.16 bits per heavy atom. The third kappa shape index (κ3) is 2.44. The van der Waals surface area contributed by atoms with Gasteiger partial charge in [-0.05, 0) is 30.0 Å². The molecule has 4 heteroatoms. The molecular formula is C15H15N3S. The second-order valence-corrected chi connectivity index (χ2v) is 5.31. The van der Waals surface area contributed by atoms with E-state index in [1.54, 1.807) is 11.3 Å². The molecule has 96 valence electrons. The summed E-state index contributed by atoms with van der Waals surface area (Å²) < 4.78 is 2.18. The van der Waals surface area contributed by atoms with Gasteiger partial charge in [0.25, 0.3) is 0 Å². The first-order valence-corrected chi connectivity index (χ1v) is 7.29. The van der Waals surface area contributed by atoms with Gasteiger partial charge in [-0.1, -0.05) is 25.1 Å². The maximum absolute atomic E-state index is 4.60. The van der Waals surface area contributed by atoms with E-state index in [4.69, 9.17) is 0 Å². The highest BCUT2D eigenvalue weighted by molar-refractivity contribution is 7.11. The van der Waals surface area contributed by atoms with E-state index in [0.29, 0.717) is 0 Å². The summed E-state index contributed by atoms with van der Waals surface area (Å²) in [5.41, 5.74) is 2.16. The monoisotopic (exact) mass is 269 g/mol. The lowest BCUT2D eigenvalue weighted by Gasteiger charge is -2.03. The van der Waals surface area contributed by atoms with E-state index in [1.165, 1.54) is 0 Å². The summed E-state index contributed by atoms with van der Waals surface area (Å²) in [6.07, 6.45) is 2.96. The molecular weight excluding hydrogens is 254 g/mol. The first kappa shape index (κ1) is 12.1. The van der Waals surface area contributed by atoms with Gasteiger partial charge >= 0.3 is 0 Å². The number of fused-ring (bicyclic) bond motifs is 1. The van der Waals surface area contributed by atoms with Crippen molar-refractivity contribution < 1.29 is 0 Å². The van der Waals surface area contributed by atoms with Crippen molar-refractivity contribution in [1.82, 2.24) is 9.55 Å². The minimum absolute atomic E-state index is 0.788. The van der Waals surface area contributed by atoms with Crippen molar-refractivity contribution in [3.05, 3.63) is 46.7 Å². The lowest BCUT2D eigenvalue weighted by molar-refractivity contribution is 0.701. The molecule has 1 aromatic carbocycles. The van der Waals surface area contributed by atoms with Crippen LogP contribution >= 0.6 is 11.3 Å². The maximum Gasteiger partial charge on any atom is 0.230 e. The molecule has 3 nitrogen and oxygen atoms in total. The van der Waals surface area contributed by atoms with E-state index in [9.17, 15) is 0 Å². The molecule has 0 bridgehead atoms. The average molecular weight is 269 g/mol. The highest BCUT2D eigenvalue weighted by Gasteiger charge is 2.07. The van der Waals surface area contributed by atoms with Crippen LogP contribution in [0.2, 0.25) is 0 Å². The molecule has 0 amide bonds. The summed E-state index contributed by atoms with van der Waals surface area (Å²) in [5.74, 6) is 0.788. The summed E-state index contributed by atoms with van der Waals surface area (Å²) in [5, 5.41) is 2.05. The van der Waals surface area contributed by atoms with Crippen LogP contribution in [0.15, 0.2) is 46.8 Å². The van der Waals surface area contributed by atoms with Crippen LogP contribution in [0.1, 0.15) is 18.2 Å². The number of aryl methyl sites for hydroxylation is 1. The highest BCUT2D eigenvalue weighted by Crippen LogP contribution is 2.22. The SMILES string of the molecule is CCCn1c(/N=C/c2cccs2)nc2ccccc21. The molecule has 3 rings (SSSR count). The Kier molecular flexibility index (Phi) is 3.42. The van der Waals surface area contributed by atoms with Crippen molar-refractivity contribution >= 4 is 34.5 Å². The first-order valence-electron chi connectivity index (χ1n) is 6.41. The minimum Gasteiger partial charge on any atom is -0.308 e. The molecule has 2 aromatic heterocycles. The lowest BCUT2D eigenvalue weighted by atomic mass is 10.3. The molecule has 0 N–H and O–H groups in total. The van der Waals surface area contributed by atoms with Gasteiger partial charge in [0.1, 0.15) is 0 Å². The van der Waals surface area contributed by atoms with Crippen molar-refractivity contribution in [2.75, 3.05) is 0 Å². The fourth-order valence-electron chi connectivity index (χ4n) is 2.09. The molecule has 0 spiro atoms. The van der Waals surface area contributed by atoms with Gasteiger partial charge in [0.05, 0.1) is 11.0 Å². The normalized spacial score (nSPS) is 11.6. The van der Waals surface area contributed by atoms with E-state index in [1.807, 2.05) is 30.5 Å². The highest BCUT2D eigenvalue weighted by atomic mass is 32.1. The molecule has 19 heavy (non-hydrogen) atoms. The van der Waals surface area contributed by atoms with Crippen molar-refractivity contribution in [3.8, 4) is 0 Å². The number of hydrogen-bond acceptors (Lipinski definition) is 3. The van der Waals surface area contributed by atoms with E-state index in [2.05, 4.69) is 39.0 Å². The number of para-hydroxylation sites is 2. The standard InChI is InChI=1S/C15H15N3S/c1-2-9-18-14-8-4-3-7-13(14)17-15(18)16-11-12-6-5-10-19-12/h3-8,10-11H,2,9H2,1H3/b16-11+. The lowest BCUT2D eigenvalue weighted by Crippen LogP contribution is -1.95. The number of thiophene rings is 1. The van der Waals surface area contributed by atoms with Crippen LogP contribution in [-0.4, -0.2) is 15.8 Å². The predicted octanol–water partition coefficient (Wildman–Crippen LogP) is 4.26. The topological polar surface area (TPSA) is 30.2 Å². The minimum atomic E-state index is 0.788. The molecule has 2 heterocycles. The van der Waals surface area contributed by atoms with Crippen LogP contribution in [0, 0.1) is 0 Å². The average Bonchev–Trinajstić information content (AvgIpc) is 3.05. The number of aromatic nitrogens is 2. The largest absolute Gasteiger partial charge is 0.308 e. The van der Waals surface area contributed by atoms with E-state index < -0.39 is 0 Å². The Bertz CT molecular complexity index is 695. The predicted molar refractivity (Wildman–Crippen MR) is 81.6 cm³/mol. The zero-order valence-electron chi connectivity index (χ0n) is 10.8. The van der Waals surface area contributed by atoms with Crippen LogP contribution < -0.4 is 0 Å². The fraction of sp³-hybridized carbons (Fsp3) is 0.200. The van der Waals surface area contributed by atoms with Crippen LogP contribution in [0.4, 0.5) is 5.95 Å². The van der Waals surface area contributed by atoms with Gasteiger partial charge in [-0.15, -0.1) is 11.3 Å². The van der Waals surface area contributed by atoms with Gasteiger partial charge in [-0.3, -0.25) is 0 Å².